The average Bonchev–Trinajstić information content (AvgIpc) is 3.27. The number of H-pyrrole nitrogens is 1. The van der Waals surface area contributed by atoms with E-state index in [2.05, 4.69) is 27.0 Å². The molecule has 1 saturated carbocycles. The molecule has 150 valence electrons. The van der Waals surface area contributed by atoms with Crippen molar-refractivity contribution in [2.45, 2.75) is 50.5 Å². The minimum atomic E-state index is -0.181. The number of ketones is 1. The van der Waals surface area contributed by atoms with Gasteiger partial charge in [-0.1, -0.05) is 53.3 Å². The molecule has 2 aromatic heterocycles. The number of carbonyl (C=O) groups excluding carboxylic acids is 1. The minimum Gasteiger partial charge on any atom is -0.338 e. The molecule has 5 rings (SSSR count). The Kier molecular flexibility index (Phi) is 4.92. The van der Waals surface area contributed by atoms with Gasteiger partial charge in [-0.3, -0.25) is 9.59 Å². The summed E-state index contributed by atoms with van der Waals surface area (Å²) in [6, 6.07) is 9.93. The fraction of sp³-hybridized carbons (Fsp3) is 0.409. The highest BCUT2D eigenvalue weighted by atomic mass is 35.5. The number of halogens is 1. The molecular formula is C22H22ClN3O2S. The van der Waals surface area contributed by atoms with E-state index in [1.807, 2.05) is 18.2 Å². The lowest BCUT2D eigenvalue weighted by molar-refractivity contribution is -0.120. The number of anilines is 1. The van der Waals surface area contributed by atoms with Crippen molar-refractivity contribution in [1.29, 1.82) is 0 Å². The molecule has 0 amide bonds. The quantitative estimate of drug-likeness (QED) is 0.619. The number of aryl methyl sites for hydroxylation is 1. The standard InChI is InChI=1S/C22H22ClN3O2S/c23-17-18(14-9-10-14)24-21(28)19-20(17)29-22(25-19)26-12-4-7-15(26)16(27)11-8-13-5-2-1-3-6-13/h1-3,5-6,14-15H,4,7-12H2,(H,24,28)/t15-/m1/s1. The summed E-state index contributed by atoms with van der Waals surface area (Å²) in [5, 5.41) is 1.35. The van der Waals surface area contributed by atoms with Crippen LogP contribution >= 0.6 is 22.9 Å². The highest BCUT2D eigenvalue weighted by Gasteiger charge is 2.34. The molecule has 3 aromatic rings. The van der Waals surface area contributed by atoms with Gasteiger partial charge in [-0.2, -0.15) is 0 Å². The molecule has 3 heterocycles. The van der Waals surface area contributed by atoms with E-state index in [1.54, 1.807) is 0 Å². The Morgan fingerprint density at radius 2 is 2.03 bits per heavy atom. The van der Waals surface area contributed by atoms with E-state index in [9.17, 15) is 9.59 Å². The van der Waals surface area contributed by atoms with Gasteiger partial charge in [-0.05, 0) is 37.7 Å². The zero-order valence-electron chi connectivity index (χ0n) is 16.0. The maximum Gasteiger partial charge on any atom is 0.275 e. The van der Waals surface area contributed by atoms with E-state index < -0.39 is 0 Å². The Labute approximate surface area is 177 Å². The molecule has 1 N–H and O–H groups in total. The fourth-order valence-corrected chi connectivity index (χ4v) is 5.65. The van der Waals surface area contributed by atoms with Gasteiger partial charge in [0.25, 0.3) is 5.56 Å². The Balaban J connectivity index is 1.40. The monoisotopic (exact) mass is 427 g/mol. The minimum absolute atomic E-state index is 0.167. The van der Waals surface area contributed by atoms with Crippen LogP contribution in [0.1, 0.15) is 49.3 Å². The molecule has 5 nitrogen and oxygen atoms in total. The normalized spacial score (nSPS) is 19.2. The number of benzene rings is 1. The summed E-state index contributed by atoms with van der Waals surface area (Å²) in [7, 11) is 0. The molecule has 1 aliphatic heterocycles. The van der Waals surface area contributed by atoms with Crippen LogP contribution in [0.5, 0.6) is 0 Å². The van der Waals surface area contributed by atoms with Crippen LogP contribution < -0.4 is 10.5 Å². The summed E-state index contributed by atoms with van der Waals surface area (Å²) >= 11 is 8.04. The Bertz CT molecular complexity index is 1120. The third kappa shape index (κ3) is 3.60. The van der Waals surface area contributed by atoms with Crippen LogP contribution in [0.3, 0.4) is 0 Å². The summed E-state index contributed by atoms with van der Waals surface area (Å²) in [5.41, 5.74) is 2.23. The predicted molar refractivity (Wildman–Crippen MR) is 117 cm³/mol. The van der Waals surface area contributed by atoms with Crippen molar-refractivity contribution in [3.8, 4) is 0 Å². The number of aromatic nitrogens is 2. The molecule has 1 aliphatic carbocycles. The van der Waals surface area contributed by atoms with Gasteiger partial charge in [0, 0.05) is 24.6 Å². The number of aromatic amines is 1. The van der Waals surface area contributed by atoms with Crippen molar-refractivity contribution < 1.29 is 4.79 Å². The summed E-state index contributed by atoms with van der Waals surface area (Å²) in [6.45, 7) is 0.784. The second-order valence-corrected chi connectivity index (χ2v) is 9.29. The third-order valence-corrected chi connectivity index (χ3v) is 7.49. The first-order chi connectivity index (χ1) is 14.1. The zero-order valence-corrected chi connectivity index (χ0v) is 17.6. The SMILES string of the molecule is O=C(CCc1ccccc1)[C@H]1CCCN1c1nc2c(=O)[nH]c(C3CC3)c(Cl)c2s1. The second-order valence-electron chi connectivity index (χ2n) is 7.93. The summed E-state index contributed by atoms with van der Waals surface area (Å²) < 4.78 is 0.745. The molecule has 1 aromatic carbocycles. The van der Waals surface area contributed by atoms with Crippen molar-refractivity contribution in [1.82, 2.24) is 9.97 Å². The zero-order chi connectivity index (χ0) is 20.0. The van der Waals surface area contributed by atoms with Crippen LogP contribution in [0.4, 0.5) is 5.13 Å². The number of Topliss-reactive ketones (excluding diaryl/α,β-unsaturated/α-hetero) is 1. The van der Waals surface area contributed by atoms with E-state index in [0.717, 1.165) is 54.2 Å². The van der Waals surface area contributed by atoms with Crippen LogP contribution in [-0.4, -0.2) is 28.3 Å². The first kappa shape index (κ1) is 18.8. The van der Waals surface area contributed by atoms with Gasteiger partial charge in [0.15, 0.2) is 16.4 Å². The number of thiazole rings is 1. The van der Waals surface area contributed by atoms with Gasteiger partial charge in [0.2, 0.25) is 0 Å². The Morgan fingerprint density at radius 1 is 1.24 bits per heavy atom. The highest BCUT2D eigenvalue weighted by molar-refractivity contribution is 7.22. The van der Waals surface area contributed by atoms with Crippen LogP contribution in [0.25, 0.3) is 10.2 Å². The van der Waals surface area contributed by atoms with Gasteiger partial charge < -0.3 is 9.88 Å². The van der Waals surface area contributed by atoms with Crippen LogP contribution in [0, 0.1) is 0 Å². The maximum atomic E-state index is 12.9. The van der Waals surface area contributed by atoms with E-state index in [0.29, 0.717) is 22.9 Å². The highest BCUT2D eigenvalue weighted by Crippen LogP contribution is 2.45. The molecule has 7 heteroatoms. The topological polar surface area (TPSA) is 66.1 Å². The second kappa shape index (κ2) is 7.58. The molecule has 0 radical (unpaired) electrons. The Hall–Kier alpha value is -2.18. The third-order valence-electron chi connectivity index (χ3n) is 5.87. The Morgan fingerprint density at radius 3 is 2.79 bits per heavy atom. The number of pyridine rings is 1. The van der Waals surface area contributed by atoms with Crippen molar-refractivity contribution in [2.24, 2.45) is 0 Å². The summed E-state index contributed by atoms with van der Waals surface area (Å²) in [4.78, 5) is 35.1. The van der Waals surface area contributed by atoms with E-state index in [4.69, 9.17) is 11.6 Å². The number of rotatable bonds is 6. The van der Waals surface area contributed by atoms with E-state index >= 15 is 0 Å². The van der Waals surface area contributed by atoms with Crippen LogP contribution in [0.2, 0.25) is 5.02 Å². The number of hydrogen-bond acceptors (Lipinski definition) is 5. The van der Waals surface area contributed by atoms with Crippen LogP contribution in [0.15, 0.2) is 35.1 Å². The van der Waals surface area contributed by atoms with Crippen molar-refractivity contribution >= 4 is 44.1 Å². The number of nitrogens with one attached hydrogen (secondary N) is 1. The first-order valence-electron chi connectivity index (χ1n) is 10.2. The average molecular weight is 428 g/mol. The molecule has 1 atom stereocenters. The number of carbonyl (C=O) groups is 1. The van der Waals surface area contributed by atoms with Gasteiger partial charge in [0.1, 0.15) is 0 Å². The molecule has 0 spiro atoms. The van der Waals surface area contributed by atoms with Crippen molar-refractivity contribution in [2.75, 3.05) is 11.4 Å². The molecule has 2 fully saturated rings. The smallest absolute Gasteiger partial charge is 0.275 e. The predicted octanol–water partition coefficient (Wildman–Crippen LogP) is 4.69. The lowest BCUT2D eigenvalue weighted by Gasteiger charge is -2.22. The molecule has 0 bridgehead atoms. The number of fused-ring (bicyclic) bond motifs is 1. The lowest BCUT2D eigenvalue weighted by Crippen LogP contribution is -2.36. The molecule has 29 heavy (non-hydrogen) atoms. The van der Waals surface area contributed by atoms with Gasteiger partial charge >= 0.3 is 0 Å². The van der Waals surface area contributed by atoms with Gasteiger partial charge in [0.05, 0.1) is 15.8 Å². The number of hydrogen-bond donors (Lipinski definition) is 1. The van der Waals surface area contributed by atoms with E-state index in [-0.39, 0.29) is 17.4 Å². The van der Waals surface area contributed by atoms with Crippen molar-refractivity contribution in [3.05, 3.63) is 57.0 Å². The summed E-state index contributed by atoms with van der Waals surface area (Å²) in [5.74, 6) is 0.605. The molecule has 0 unspecified atom stereocenters. The largest absolute Gasteiger partial charge is 0.338 e. The first-order valence-corrected chi connectivity index (χ1v) is 11.4. The molecular weight excluding hydrogens is 406 g/mol. The van der Waals surface area contributed by atoms with Crippen LogP contribution in [-0.2, 0) is 11.2 Å². The van der Waals surface area contributed by atoms with Crippen molar-refractivity contribution in [3.63, 3.8) is 0 Å². The molecule has 2 aliphatic rings. The summed E-state index contributed by atoms with van der Waals surface area (Å²) in [6.07, 6.45) is 5.19. The van der Waals surface area contributed by atoms with E-state index in [1.165, 1.54) is 16.9 Å². The molecule has 1 saturated heterocycles. The lowest BCUT2D eigenvalue weighted by atomic mass is 10.0. The van der Waals surface area contributed by atoms with Gasteiger partial charge in [-0.15, -0.1) is 0 Å². The maximum absolute atomic E-state index is 12.9. The fourth-order valence-electron chi connectivity index (χ4n) is 4.16. The number of nitrogens with zero attached hydrogens (tertiary/aromatic N) is 2. The van der Waals surface area contributed by atoms with Gasteiger partial charge in [-0.25, -0.2) is 4.98 Å².